The molecule has 1 atom stereocenters. The predicted molar refractivity (Wildman–Crippen MR) is 69.6 cm³/mol. The molecule has 4 heteroatoms. The van der Waals surface area contributed by atoms with Gasteiger partial charge >= 0.3 is 5.97 Å². The molecule has 0 aromatic heterocycles. The minimum Gasteiger partial charge on any atom is -0.464 e. The molecule has 1 N–H and O–H groups in total. The lowest BCUT2D eigenvalue weighted by molar-refractivity contribution is -0.142. The molecule has 1 aliphatic rings. The lowest BCUT2D eigenvalue weighted by atomic mass is 10.1. The van der Waals surface area contributed by atoms with Gasteiger partial charge in [0.25, 0.3) is 0 Å². The molecule has 0 bridgehead atoms. The number of hydrogen-bond donors (Lipinski definition) is 1. The average Bonchev–Trinajstić information content (AvgIpc) is 2.89. The summed E-state index contributed by atoms with van der Waals surface area (Å²) in [5, 5.41) is 3.04. The van der Waals surface area contributed by atoms with Gasteiger partial charge in [0.15, 0.2) is 0 Å². The maximum Gasteiger partial charge on any atom is 0.325 e. The fraction of sp³-hybridized carbons (Fsp3) is 0.500. The lowest BCUT2D eigenvalue weighted by Gasteiger charge is -2.10. The van der Waals surface area contributed by atoms with Gasteiger partial charge in [0.2, 0.25) is 0 Å². The molecule has 0 saturated carbocycles. The Morgan fingerprint density at radius 3 is 2.89 bits per heavy atom. The van der Waals surface area contributed by atoms with Gasteiger partial charge in [-0.15, -0.1) is 0 Å². The van der Waals surface area contributed by atoms with E-state index >= 15 is 0 Å². The Hall–Kier alpha value is -1.55. The number of carbonyl (C=O) groups excluding carboxylic acids is 1. The van der Waals surface area contributed by atoms with Gasteiger partial charge in [0.1, 0.15) is 6.54 Å². The van der Waals surface area contributed by atoms with Gasteiger partial charge in [-0.2, -0.15) is 0 Å². The molecule has 2 rings (SSSR count). The highest BCUT2D eigenvalue weighted by molar-refractivity contribution is 5.74. The molecule has 18 heavy (non-hydrogen) atoms. The minimum atomic E-state index is -0.220. The number of ether oxygens (including phenoxy) is 2. The standard InChI is InChI=1S/C14H19NO3/c1-11-2-4-13(5-3-11)15-8-14(16)18-10-12-6-7-17-9-12/h2-5,12,15H,6-10H2,1H3. The summed E-state index contributed by atoms with van der Waals surface area (Å²) in [6.07, 6.45) is 0.985. The quantitative estimate of drug-likeness (QED) is 0.811. The Labute approximate surface area is 107 Å². The van der Waals surface area contributed by atoms with Crippen molar-refractivity contribution in [1.29, 1.82) is 0 Å². The maximum absolute atomic E-state index is 11.5. The summed E-state index contributed by atoms with van der Waals surface area (Å²) in [5.41, 5.74) is 2.13. The summed E-state index contributed by atoms with van der Waals surface area (Å²) < 4.78 is 10.4. The third-order valence-electron chi connectivity index (χ3n) is 2.99. The van der Waals surface area contributed by atoms with E-state index in [0.29, 0.717) is 19.1 Å². The molecule has 1 aromatic carbocycles. The summed E-state index contributed by atoms with van der Waals surface area (Å²) in [4.78, 5) is 11.5. The zero-order valence-electron chi connectivity index (χ0n) is 10.6. The van der Waals surface area contributed by atoms with Crippen molar-refractivity contribution in [3.8, 4) is 0 Å². The van der Waals surface area contributed by atoms with Crippen molar-refractivity contribution in [2.75, 3.05) is 31.7 Å². The van der Waals surface area contributed by atoms with Crippen LogP contribution in [0.1, 0.15) is 12.0 Å². The lowest BCUT2D eigenvalue weighted by Crippen LogP contribution is -2.20. The van der Waals surface area contributed by atoms with Crippen molar-refractivity contribution in [1.82, 2.24) is 0 Å². The Kier molecular flexibility index (Phi) is 4.59. The number of carbonyl (C=O) groups is 1. The molecule has 1 aromatic rings. The molecule has 1 fully saturated rings. The molecule has 0 spiro atoms. The number of rotatable bonds is 5. The van der Waals surface area contributed by atoms with Crippen molar-refractivity contribution in [3.63, 3.8) is 0 Å². The fourth-order valence-corrected chi connectivity index (χ4v) is 1.82. The van der Waals surface area contributed by atoms with E-state index in [2.05, 4.69) is 5.32 Å². The summed E-state index contributed by atoms with van der Waals surface area (Å²) >= 11 is 0. The highest BCUT2D eigenvalue weighted by atomic mass is 16.5. The summed E-state index contributed by atoms with van der Waals surface area (Å²) in [5.74, 6) is 0.149. The van der Waals surface area contributed by atoms with E-state index in [4.69, 9.17) is 9.47 Å². The van der Waals surface area contributed by atoms with Crippen LogP contribution in [0.15, 0.2) is 24.3 Å². The predicted octanol–water partition coefficient (Wildman–Crippen LogP) is 1.99. The Morgan fingerprint density at radius 1 is 1.44 bits per heavy atom. The van der Waals surface area contributed by atoms with Crippen LogP contribution in [0.4, 0.5) is 5.69 Å². The zero-order chi connectivity index (χ0) is 12.8. The number of benzene rings is 1. The number of hydrogen-bond acceptors (Lipinski definition) is 4. The normalized spacial score (nSPS) is 18.6. The van der Waals surface area contributed by atoms with Crippen molar-refractivity contribution >= 4 is 11.7 Å². The molecule has 0 radical (unpaired) electrons. The molecule has 0 amide bonds. The van der Waals surface area contributed by atoms with Crippen molar-refractivity contribution in [2.45, 2.75) is 13.3 Å². The van der Waals surface area contributed by atoms with E-state index in [0.717, 1.165) is 18.7 Å². The van der Waals surface area contributed by atoms with Crippen LogP contribution in [0.2, 0.25) is 0 Å². The molecule has 0 aliphatic carbocycles. The van der Waals surface area contributed by atoms with E-state index in [1.165, 1.54) is 5.56 Å². The zero-order valence-corrected chi connectivity index (χ0v) is 10.6. The van der Waals surface area contributed by atoms with Crippen LogP contribution >= 0.6 is 0 Å². The van der Waals surface area contributed by atoms with Crippen LogP contribution in [0.3, 0.4) is 0 Å². The van der Waals surface area contributed by atoms with Crippen LogP contribution in [0.5, 0.6) is 0 Å². The third-order valence-corrected chi connectivity index (χ3v) is 2.99. The van der Waals surface area contributed by atoms with E-state index in [9.17, 15) is 4.79 Å². The van der Waals surface area contributed by atoms with E-state index in [-0.39, 0.29) is 12.5 Å². The van der Waals surface area contributed by atoms with Crippen molar-refractivity contribution in [2.24, 2.45) is 5.92 Å². The second-order valence-corrected chi connectivity index (χ2v) is 4.63. The number of nitrogens with one attached hydrogen (secondary N) is 1. The smallest absolute Gasteiger partial charge is 0.325 e. The molecular weight excluding hydrogens is 230 g/mol. The molecule has 1 heterocycles. The first-order valence-corrected chi connectivity index (χ1v) is 6.28. The van der Waals surface area contributed by atoms with E-state index < -0.39 is 0 Å². The first-order chi connectivity index (χ1) is 8.74. The van der Waals surface area contributed by atoms with Gasteiger partial charge in [-0.1, -0.05) is 17.7 Å². The molecule has 1 aliphatic heterocycles. The molecule has 1 saturated heterocycles. The van der Waals surface area contributed by atoms with Crippen LogP contribution in [0, 0.1) is 12.8 Å². The van der Waals surface area contributed by atoms with E-state index in [1.807, 2.05) is 31.2 Å². The first kappa shape index (κ1) is 12.9. The molecule has 1 unspecified atom stereocenters. The second-order valence-electron chi connectivity index (χ2n) is 4.63. The van der Waals surface area contributed by atoms with Gasteiger partial charge in [-0.3, -0.25) is 4.79 Å². The Bertz CT molecular complexity index is 383. The number of aryl methyl sites for hydroxylation is 1. The summed E-state index contributed by atoms with van der Waals surface area (Å²) in [7, 11) is 0. The van der Waals surface area contributed by atoms with Gasteiger partial charge in [-0.05, 0) is 25.5 Å². The third kappa shape index (κ3) is 4.04. The molecule has 98 valence electrons. The van der Waals surface area contributed by atoms with Crippen LogP contribution in [0.25, 0.3) is 0 Å². The van der Waals surface area contributed by atoms with Crippen molar-refractivity contribution < 1.29 is 14.3 Å². The Balaban J connectivity index is 1.66. The van der Waals surface area contributed by atoms with Gasteiger partial charge in [0, 0.05) is 18.2 Å². The van der Waals surface area contributed by atoms with Gasteiger partial charge < -0.3 is 14.8 Å². The number of esters is 1. The molecular formula is C14H19NO3. The maximum atomic E-state index is 11.5. The second kappa shape index (κ2) is 6.40. The first-order valence-electron chi connectivity index (χ1n) is 6.28. The number of anilines is 1. The monoisotopic (exact) mass is 249 g/mol. The minimum absolute atomic E-state index is 0.205. The van der Waals surface area contributed by atoms with Crippen LogP contribution < -0.4 is 5.32 Å². The SMILES string of the molecule is Cc1ccc(NCC(=O)OCC2CCOC2)cc1. The van der Waals surface area contributed by atoms with Crippen molar-refractivity contribution in [3.05, 3.63) is 29.8 Å². The largest absolute Gasteiger partial charge is 0.464 e. The summed E-state index contributed by atoms with van der Waals surface area (Å²) in [6, 6.07) is 7.91. The topological polar surface area (TPSA) is 47.6 Å². The highest BCUT2D eigenvalue weighted by Crippen LogP contribution is 2.12. The Morgan fingerprint density at radius 2 is 2.22 bits per heavy atom. The van der Waals surface area contributed by atoms with Gasteiger partial charge in [0.05, 0.1) is 13.2 Å². The average molecular weight is 249 g/mol. The van der Waals surface area contributed by atoms with Crippen LogP contribution in [-0.2, 0) is 14.3 Å². The van der Waals surface area contributed by atoms with Crippen LogP contribution in [-0.4, -0.2) is 32.3 Å². The van der Waals surface area contributed by atoms with Gasteiger partial charge in [-0.25, -0.2) is 0 Å². The van der Waals surface area contributed by atoms with E-state index in [1.54, 1.807) is 0 Å². The summed E-state index contributed by atoms with van der Waals surface area (Å²) in [6.45, 7) is 4.19. The molecule has 4 nitrogen and oxygen atoms in total. The fourth-order valence-electron chi connectivity index (χ4n) is 1.82. The highest BCUT2D eigenvalue weighted by Gasteiger charge is 2.17.